The van der Waals surface area contributed by atoms with Crippen molar-refractivity contribution in [3.05, 3.63) is 23.9 Å². The number of hydrogen-bond acceptors (Lipinski definition) is 5. The van der Waals surface area contributed by atoms with Crippen LogP contribution in [0.1, 0.15) is 54.2 Å². The second kappa shape index (κ2) is 9.76. The lowest BCUT2D eigenvalue weighted by molar-refractivity contribution is 0.0160. The predicted molar refractivity (Wildman–Crippen MR) is 107 cm³/mol. The van der Waals surface area contributed by atoms with E-state index in [4.69, 9.17) is 10.5 Å². The first-order chi connectivity index (χ1) is 12.1. The molecule has 1 rings (SSSR count). The van der Waals surface area contributed by atoms with Crippen LogP contribution in [-0.2, 0) is 11.3 Å². The summed E-state index contributed by atoms with van der Waals surface area (Å²) in [7, 11) is 0. The van der Waals surface area contributed by atoms with E-state index in [9.17, 15) is 4.79 Å². The Labute approximate surface area is 158 Å². The Morgan fingerprint density at radius 1 is 1.23 bits per heavy atom. The topological polar surface area (TPSA) is 71.7 Å². The molecule has 26 heavy (non-hydrogen) atoms. The number of carbonyl (C=O) groups is 1. The normalized spacial score (nSPS) is 13.1. The van der Waals surface area contributed by atoms with Crippen LogP contribution in [0.15, 0.2) is 18.2 Å². The number of aromatic nitrogens is 1. The van der Waals surface area contributed by atoms with Crippen LogP contribution in [0.2, 0.25) is 0 Å². The number of pyridine rings is 1. The molecule has 1 aromatic heterocycles. The minimum absolute atomic E-state index is 0.0659. The third kappa shape index (κ3) is 6.48. The van der Waals surface area contributed by atoms with Crippen LogP contribution in [0.4, 0.5) is 10.6 Å². The van der Waals surface area contributed by atoms with E-state index in [2.05, 4.69) is 37.6 Å². The van der Waals surface area contributed by atoms with Gasteiger partial charge in [-0.15, -0.1) is 0 Å². The smallest absolute Gasteiger partial charge is 0.410 e. The molecule has 0 fully saturated rings. The highest BCUT2D eigenvalue weighted by Gasteiger charge is 2.36. The van der Waals surface area contributed by atoms with Gasteiger partial charge in [-0.3, -0.25) is 4.90 Å². The van der Waals surface area contributed by atoms with Crippen LogP contribution >= 0.6 is 0 Å². The molecular weight excluding hydrogens is 328 g/mol. The molecule has 1 atom stereocenters. The molecule has 1 heterocycles. The number of nitrogen functional groups attached to an aromatic ring is 1. The number of rotatable bonds is 8. The number of anilines is 1. The molecule has 1 aromatic rings. The standard InChI is InChI=1S/C20H36N4O2/c1-8-23(9-2)13-17(15(3)4)24(20(5,6)7)19(25)26-14-16-11-10-12-18(21)22-16/h10-12,15,17H,8-9,13-14H2,1-7H3,(H2,21,22). The van der Waals surface area contributed by atoms with Crippen molar-refractivity contribution in [2.45, 2.75) is 66.7 Å². The number of likely N-dealkylation sites (N-methyl/N-ethyl adjacent to an activating group) is 1. The van der Waals surface area contributed by atoms with Gasteiger partial charge in [0.2, 0.25) is 0 Å². The maximum atomic E-state index is 13.0. The van der Waals surface area contributed by atoms with E-state index < -0.39 is 0 Å². The Balaban J connectivity index is 2.96. The summed E-state index contributed by atoms with van der Waals surface area (Å²) in [5.41, 5.74) is 6.01. The van der Waals surface area contributed by atoms with E-state index in [1.54, 1.807) is 12.1 Å². The summed E-state index contributed by atoms with van der Waals surface area (Å²) in [5.74, 6) is 0.737. The minimum atomic E-state index is -0.345. The summed E-state index contributed by atoms with van der Waals surface area (Å²) < 4.78 is 5.60. The Morgan fingerprint density at radius 3 is 2.31 bits per heavy atom. The summed E-state index contributed by atoms with van der Waals surface area (Å²) in [6, 6.07) is 5.40. The van der Waals surface area contributed by atoms with Crippen LogP contribution in [0.5, 0.6) is 0 Å². The van der Waals surface area contributed by atoms with Gasteiger partial charge in [0, 0.05) is 12.1 Å². The molecule has 1 unspecified atom stereocenters. The highest BCUT2D eigenvalue weighted by atomic mass is 16.6. The van der Waals surface area contributed by atoms with E-state index >= 15 is 0 Å². The molecule has 0 saturated heterocycles. The molecule has 0 aliphatic rings. The summed E-state index contributed by atoms with van der Waals surface area (Å²) >= 11 is 0. The quantitative estimate of drug-likeness (QED) is 0.760. The second-order valence-corrected chi connectivity index (χ2v) is 7.95. The van der Waals surface area contributed by atoms with Crippen molar-refractivity contribution < 1.29 is 9.53 Å². The van der Waals surface area contributed by atoms with Crippen molar-refractivity contribution >= 4 is 11.9 Å². The number of nitrogens with zero attached hydrogens (tertiary/aromatic N) is 3. The van der Waals surface area contributed by atoms with Gasteiger partial charge < -0.3 is 15.4 Å². The number of carbonyl (C=O) groups excluding carboxylic acids is 1. The number of hydrogen-bond donors (Lipinski definition) is 1. The summed E-state index contributed by atoms with van der Waals surface area (Å²) in [6.45, 7) is 17.6. The first kappa shape index (κ1) is 22.2. The van der Waals surface area contributed by atoms with Crippen molar-refractivity contribution in [1.82, 2.24) is 14.8 Å². The average Bonchev–Trinajstić information content (AvgIpc) is 2.55. The first-order valence-corrected chi connectivity index (χ1v) is 9.49. The Hall–Kier alpha value is -1.82. The Kier molecular flexibility index (Phi) is 8.34. The largest absolute Gasteiger partial charge is 0.443 e. The van der Waals surface area contributed by atoms with Crippen LogP contribution < -0.4 is 5.73 Å². The van der Waals surface area contributed by atoms with Crippen LogP contribution in [-0.4, -0.2) is 52.1 Å². The fourth-order valence-corrected chi connectivity index (χ4v) is 3.03. The highest BCUT2D eigenvalue weighted by molar-refractivity contribution is 5.69. The van der Waals surface area contributed by atoms with Crippen molar-refractivity contribution in [3.8, 4) is 0 Å². The van der Waals surface area contributed by atoms with Crippen LogP contribution in [0, 0.1) is 5.92 Å². The summed E-state index contributed by atoms with van der Waals surface area (Å²) in [6.07, 6.45) is -0.312. The molecule has 1 amide bonds. The SMILES string of the molecule is CCN(CC)CC(C(C)C)N(C(=O)OCc1cccc(N)n1)C(C)(C)C. The third-order valence-electron chi connectivity index (χ3n) is 4.53. The molecule has 148 valence electrons. The number of amides is 1. The van der Waals surface area contributed by atoms with Gasteiger partial charge in [-0.1, -0.05) is 33.8 Å². The zero-order valence-electron chi connectivity index (χ0n) is 17.5. The fraction of sp³-hybridized carbons (Fsp3) is 0.700. The molecule has 0 aromatic carbocycles. The molecule has 0 aliphatic heterocycles. The lowest BCUT2D eigenvalue weighted by Crippen LogP contribution is -2.57. The van der Waals surface area contributed by atoms with Gasteiger partial charge in [-0.2, -0.15) is 0 Å². The molecule has 6 nitrogen and oxygen atoms in total. The first-order valence-electron chi connectivity index (χ1n) is 9.49. The van der Waals surface area contributed by atoms with E-state index in [0.29, 0.717) is 17.4 Å². The summed E-state index contributed by atoms with van der Waals surface area (Å²) in [4.78, 5) is 21.4. The third-order valence-corrected chi connectivity index (χ3v) is 4.53. The predicted octanol–water partition coefficient (Wildman–Crippen LogP) is 3.77. The van der Waals surface area contributed by atoms with Gasteiger partial charge in [-0.05, 0) is 51.9 Å². The van der Waals surface area contributed by atoms with Gasteiger partial charge >= 0.3 is 6.09 Å². The van der Waals surface area contributed by atoms with Gasteiger partial charge in [0.25, 0.3) is 0 Å². The van der Waals surface area contributed by atoms with Gasteiger partial charge in [0.1, 0.15) is 12.4 Å². The molecular formula is C20H36N4O2. The second-order valence-electron chi connectivity index (χ2n) is 7.95. The zero-order valence-corrected chi connectivity index (χ0v) is 17.5. The lowest BCUT2D eigenvalue weighted by atomic mass is 9.95. The zero-order chi connectivity index (χ0) is 19.9. The van der Waals surface area contributed by atoms with Crippen molar-refractivity contribution in [3.63, 3.8) is 0 Å². The molecule has 0 aliphatic carbocycles. The molecule has 0 radical (unpaired) electrons. The van der Waals surface area contributed by atoms with E-state index in [1.807, 2.05) is 31.7 Å². The maximum Gasteiger partial charge on any atom is 0.410 e. The maximum absolute atomic E-state index is 13.0. The Bertz CT molecular complexity index is 565. The van der Waals surface area contributed by atoms with Crippen molar-refractivity contribution in [1.29, 1.82) is 0 Å². The monoisotopic (exact) mass is 364 g/mol. The van der Waals surface area contributed by atoms with Gasteiger partial charge in [0.05, 0.1) is 11.7 Å². The van der Waals surface area contributed by atoms with Gasteiger partial charge in [0.15, 0.2) is 0 Å². The Morgan fingerprint density at radius 2 is 1.85 bits per heavy atom. The molecule has 0 saturated carbocycles. The van der Waals surface area contributed by atoms with Crippen molar-refractivity contribution in [2.24, 2.45) is 5.92 Å². The van der Waals surface area contributed by atoms with Crippen LogP contribution in [0.25, 0.3) is 0 Å². The van der Waals surface area contributed by atoms with E-state index in [1.165, 1.54) is 0 Å². The summed E-state index contributed by atoms with van der Waals surface area (Å²) in [5, 5.41) is 0. The average molecular weight is 365 g/mol. The molecule has 6 heteroatoms. The van der Waals surface area contributed by atoms with Gasteiger partial charge in [-0.25, -0.2) is 9.78 Å². The fourth-order valence-electron chi connectivity index (χ4n) is 3.03. The molecule has 2 N–H and O–H groups in total. The number of nitrogens with two attached hydrogens (primary N) is 1. The lowest BCUT2D eigenvalue weighted by Gasteiger charge is -2.44. The number of ether oxygens (including phenoxy) is 1. The molecule has 0 bridgehead atoms. The van der Waals surface area contributed by atoms with Crippen molar-refractivity contribution in [2.75, 3.05) is 25.4 Å². The van der Waals surface area contributed by atoms with Crippen LogP contribution in [0.3, 0.4) is 0 Å². The van der Waals surface area contributed by atoms with E-state index in [0.717, 1.165) is 19.6 Å². The van der Waals surface area contributed by atoms with E-state index in [-0.39, 0.29) is 24.3 Å². The molecule has 0 spiro atoms. The highest BCUT2D eigenvalue weighted by Crippen LogP contribution is 2.24. The minimum Gasteiger partial charge on any atom is -0.443 e.